The molecule has 4 nitrogen and oxygen atoms in total. The molecule has 180 valence electrons. The molecule has 0 aromatic carbocycles. The summed E-state index contributed by atoms with van der Waals surface area (Å²) in [5.41, 5.74) is -0.402. The summed E-state index contributed by atoms with van der Waals surface area (Å²) in [5.74, 6) is 0. The van der Waals surface area contributed by atoms with E-state index in [-0.39, 0.29) is 37.3 Å². The van der Waals surface area contributed by atoms with Crippen molar-refractivity contribution in [1.82, 2.24) is 0 Å². The highest BCUT2D eigenvalue weighted by atomic mass is 16.3. The monoisotopic (exact) mass is 428 g/mol. The molecule has 0 unspecified atom stereocenters. The number of aliphatic hydroxyl groups excluding tert-OH is 4. The van der Waals surface area contributed by atoms with Crippen LogP contribution in [0.2, 0.25) is 0 Å². The van der Waals surface area contributed by atoms with E-state index >= 15 is 0 Å². The predicted molar refractivity (Wildman–Crippen MR) is 126 cm³/mol. The zero-order valence-corrected chi connectivity index (χ0v) is 19.8. The van der Waals surface area contributed by atoms with Gasteiger partial charge in [0.15, 0.2) is 0 Å². The zero-order valence-electron chi connectivity index (χ0n) is 19.8. The standard InChI is InChI=1S/C26H52O4/c27-21-17-25(18-22-28)15-13-11-9-7-5-3-1-2-4-6-8-10-12-14-16-26(25,19-23-29)20-24-30/h27-30H,1-24H2. The predicted octanol–water partition coefficient (Wildman–Crippen LogP) is 5.74. The summed E-state index contributed by atoms with van der Waals surface area (Å²) in [4.78, 5) is 0. The Morgan fingerprint density at radius 3 is 0.733 bits per heavy atom. The lowest BCUT2D eigenvalue weighted by Crippen LogP contribution is -2.45. The number of hydrogen-bond donors (Lipinski definition) is 4. The van der Waals surface area contributed by atoms with E-state index in [4.69, 9.17) is 0 Å². The first-order chi connectivity index (χ1) is 14.7. The Morgan fingerprint density at radius 2 is 0.533 bits per heavy atom. The van der Waals surface area contributed by atoms with Gasteiger partial charge in [-0.2, -0.15) is 0 Å². The SMILES string of the molecule is OCCC1(CCO)CCCCCCCCCCCCCCCCC1(CCO)CCO. The summed E-state index contributed by atoms with van der Waals surface area (Å²) < 4.78 is 0. The number of rotatable bonds is 8. The summed E-state index contributed by atoms with van der Waals surface area (Å²) in [5, 5.41) is 39.9. The molecule has 4 heteroatoms. The van der Waals surface area contributed by atoms with E-state index in [0.717, 1.165) is 25.7 Å². The quantitative estimate of drug-likeness (QED) is 0.397. The van der Waals surface area contributed by atoms with Gasteiger partial charge < -0.3 is 20.4 Å². The van der Waals surface area contributed by atoms with Gasteiger partial charge in [-0.15, -0.1) is 0 Å². The van der Waals surface area contributed by atoms with Crippen LogP contribution in [0.1, 0.15) is 128 Å². The molecule has 0 saturated heterocycles. The van der Waals surface area contributed by atoms with Crippen molar-refractivity contribution in [3.8, 4) is 0 Å². The lowest BCUT2D eigenvalue weighted by atomic mass is 9.53. The summed E-state index contributed by atoms with van der Waals surface area (Å²) in [6.07, 6.45) is 22.6. The van der Waals surface area contributed by atoms with Gasteiger partial charge in [0.05, 0.1) is 0 Å². The molecule has 1 aliphatic rings. The van der Waals surface area contributed by atoms with Crippen LogP contribution >= 0.6 is 0 Å². The minimum Gasteiger partial charge on any atom is -0.396 e. The topological polar surface area (TPSA) is 80.9 Å². The normalized spacial score (nSPS) is 22.8. The van der Waals surface area contributed by atoms with Crippen molar-refractivity contribution in [3.05, 3.63) is 0 Å². The van der Waals surface area contributed by atoms with Crippen LogP contribution in [0.25, 0.3) is 0 Å². The Bertz CT molecular complexity index is 337. The summed E-state index contributed by atoms with van der Waals surface area (Å²) in [6, 6.07) is 0. The molecular weight excluding hydrogens is 376 g/mol. The highest BCUT2D eigenvalue weighted by Crippen LogP contribution is 2.56. The van der Waals surface area contributed by atoms with Crippen molar-refractivity contribution in [1.29, 1.82) is 0 Å². The largest absolute Gasteiger partial charge is 0.396 e. The molecule has 0 aromatic rings. The molecule has 0 amide bonds. The molecule has 1 fully saturated rings. The van der Waals surface area contributed by atoms with Gasteiger partial charge >= 0.3 is 0 Å². The lowest BCUT2D eigenvalue weighted by molar-refractivity contribution is -0.0601. The first-order valence-corrected chi connectivity index (χ1v) is 13.1. The van der Waals surface area contributed by atoms with Crippen LogP contribution in [0.5, 0.6) is 0 Å². The van der Waals surface area contributed by atoms with Gasteiger partial charge in [0.25, 0.3) is 0 Å². The van der Waals surface area contributed by atoms with Gasteiger partial charge in [-0.3, -0.25) is 0 Å². The maximum atomic E-state index is 9.97. The Labute approximate surface area is 186 Å². The smallest absolute Gasteiger partial charge is 0.0436 e. The number of aliphatic hydroxyl groups is 4. The van der Waals surface area contributed by atoms with Gasteiger partial charge in [-0.05, 0) is 49.4 Å². The molecule has 0 bridgehead atoms. The van der Waals surface area contributed by atoms with Crippen molar-refractivity contribution >= 4 is 0 Å². The van der Waals surface area contributed by atoms with Crippen molar-refractivity contribution in [2.75, 3.05) is 26.4 Å². The zero-order chi connectivity index (χ0) is 22.0. The Balaban J connectivity index is 3.01. The first-order valence-electron chi connectivity index (χ1n) is 13.1. The first kappa shape index (κ1) is 27.9. The lowest BCUT2D eigenvalue weighted by Gasteiger charge is -2.52. The van der Waals surface area contributed by atoms with Crippen molar-refractivity contribution in [2.45, 2.75) is 128 Å². The molecule has 0 radical (unpaired) electrons. The molecule has 0 spiro atoms. The second-order valence-electron chi connectivity index (χ2n) is 9.90. The Kier molecular flexibility index (Phi) is 16.2. The average molecular weight is 429 g/mol. The second kappa shape index (κ2) is 17.4. The molecule has 30 heavy (non-hydrogen) atoms. The van der Waals surface area contributed by atoms with E-state index in [1.807, 2.05) is 0 Å². The maximum Gasteiger partial charge on any atom is 0.0436 e. The van der Waals surface area contributed by atoms with Crippen molar-refractivity contribution < 1.29 is 20.4 Å². The minimum atomic E-state index is -0.201. The molecule has 0 heterocycles. The minimum absolute atomic E-state index is 0.110. The molecule has 1 rings (SSSR count). The van der Waals surface area contributed by atoms with E-state index in [9.17, 15) is 20.4 Å². The van der Waals surface area contributed by atoms with E-state index in [1.54, 1.807) is 0 Å². The van der Waals surface area contributed by atoms with Crippen LogP contribution in [0.3, 0.4) is 0 Å². The van der Waals surface area contributed by atoms with E-state index < -0.39 is 0 Å². The van der Waals surface area contributed by atoms with E-state index in [1.165, 1.54) is 77.0 Å². The molecule has 0 atom stereocenters. The summed E-state index contributed by atoms with van der Waals surface area (Å²) in [6.45, 7) is 0.439. The third-order valence-corrected chi connectivity index (χ3v) is 8.05. The van der Waals surface area contributed by atoms with Crippen LogP contribution in [0, 0.1) is 10.8 Å². The molecule has 1 aliphatic carbocycles. The van der Waals surface area contributed by atoms with E-state index in [0.29, 0.717) is 25.7 Å². The second-order valence-corrected chi connectivity index (χ2v) is 9.90. The van der Waals surface area contributed by atoms with Crippen LogP contribution in [0.15, 0.2) is 0 Å². The molecule has 0 aromatic heterocycles. The highest BCUT2D eigenvalue weighted by Gasteiger charge is 2.48. The fraction of sp³-hybridized carbons (Fsp3) is 1.00. The fourth-order valence-corrected chi connectivity index (χ4v) is 6.25. The molecular formula is C26H52O4. The van der Waals surface area contributed by atoms with Crippen LogP contribution in [0.4, 0.5) is 0 Å². The summed E-state index contributed by atoms with van der Waals surface area (Å²) in [7, 11) is 0. The van der Waals surface area contributed by atoms with Gasteiger partial charge in [-0.25, -0.2) is 0 Å². The van der Waals surface area contributed by atoms with Crippen LogP contribution < -0.4 is 0 Å². The molecule has 4 N–H and O–H groups in total. The van der Waals surface area contributed by atoms with Crippen molar-refractivity contribution in [2.24, 2.45) is 10.8 Å². The molecule has 1 saturated carbocycles. The number of hydrogen-bond acceptors (Lipinski definition) is 4. The Hall–Kier alpha value is -0.160. The van der Waals surface area contributed by atoms with Gasteiger partial charge in [0, 0.05) is 26.4 Å². The summed E-state index contributed by atoms with van der Waals surface area (Å²) >= 11 is 0. The van der Waals surface area contributed by atoms with Gasteiger partial charge in [-0.1, -0.05) is 89.9 Å². The third kappa shape index (κ3) is 9.54. The average Bonchev–Trinajstić information content (AvgIpc) is 2.73. The van der Waals surface area contributed by atoms with E-state index in [2.05, 4.69) is 0 Å². The van der Waals surface area contributed by atoms with Crippen molar-refractivity contribution in [3.63, 3.8) is 0 Å². The molecule has 0 aliphatic heterocycles. The highest BCUT2D eigenvalue weighted by molar-refractivity contribution is 4.98. The van der Waals surface area contributed by atoms with Crippen LogP contribution in [-0.2, 0) is 0 Å². The van der Waals surface area contributed by atoms with Gasteiger partial charge in [0.2, 0.25) is 0 Å². The van der Waals surface area contributed by atoms with Crippen LogP contribution in [-0.4, -0.2) is 46.9 Å². The fourth-order valence-electron chi connectivity index (χ4n) is 6.25. The Morgan fingerprint density at radius 1 is 0.333 bits per heavy atom. The third-order valence-electron chi connectivity index (χ3n) is 8.05. The maximum absolute atomic E-state index is 9.97. The van der Waals surface area contributed by atoms with Gasteiger partial charge in [0.1, 0.15) is 0 Å².